The van der Waals surface area contributed by atoms with E-state index in [0.717, 1.165) is 25.0 Å². The number of rotatable bonds is 6. The summed E-state index contributed by atoms with van der Waals surface area (Å²) in [6, 6.07) is 0. The lowest BCUT2D eigenvalue weighted by molar-refractivity contribution is -0.146. The van der Waals surface area contributed by atoms with Gasteiger partial charge >= 0.3 is 11.9 Å². The number of allylic oxidation sites excluding steroid dienone is 2. The van der Waals surface area contributed by atoms with Gasteiger partial charge in [0.2, 0.25) is 0 Å². The second kappa shape index (κ2) is 13.5. The Labute approximate surface area is 151 Å². The summed E-state index contributed by atoms with van der Waals surface area (Å²) in [5.74, 6) is -1.30. The molecule has 1 aliphatic carbocycles. The summed E-state index contributed by atoms with van der Waals surface area (Å²) in [5.41, 5.74) is 0.974. The standard InChI is InChI=1S/C20H33NO4/c1-3-24-19(22)18(20(23)25-4-2)16-21-17-14-12-10-8-6-5-7-9-11-13-15-17/h14,16,21H,3-13,15H2,1-2H3. The van der Waals surface area contributed by atoms with E-state index in [4.69, 9.17) is 9.47 Å². The van der Waals surface area contributed by atoms with Crippen molar-refractivity contribution < 1.29 is 19.1 Å². The first-order chi connectivity index (χ1) is 12.2. The molecule has 0 aliphatic heterocycles. The molecule has 5 heteroatoms. The molecule has 1 aliphatic rings. The molecule has 0 spiro atoms. The van der Waals surface area contributed by atoms with Crippen molar-refractivity contribution in [2.75, 3.05) is 13.2 Å². The van der Waals surface area contributed by atoms with Crippen molar-refractivity contribution in [1.29, 1.82) is 0 Å². The van der Waals surface area contributed by atoms with E-state index in [2.05, 4.69) is 11.4 Å². The topological polar surface area (TPSA) is 64.6 Å². The third kappa shape index (κ3) is 9.32. The first-order valence-corrected chi connectivity index (χ1v) is 9.69. The lowest BCUT2D eigenvalue weighted by Crippen LogP contribution is -2.21. The second-order valence-electron chi connectivity index (χ2n) is 6.24. The predicted molar refractivity (Wildman–Crippen MR) is 98.7 cm³/mol. The zero-order chi connectivity index (χ0) is 18.3. The van der Waals surface area contributed by atoms with Gasteiger partial charge in [-0.1, -0.05) is 44.6 Å². The smallest absolute Gasteiger partial charge is 0.347 e. The molecule has 142 valence electrons. The Morgan fingerprint density at radius 2 is 1.44 bits per heavy atom. The number of carbonyl (C=O) groups is 2. The summed E-state index contributed by atoms with van der Waals surface area (Å²) >= 11 is 0. The van der Waals surface area contributed by atoms with E-state index in [9.17, 15) is 9.59 Å². The first-order valence-electron chi connectivity index (χ1n) is 9.69. The molecule has 0 saturated carbocycles. The van der Waals surface area contributed by atoms with Gasteiger partial charge in [-0.25, -0.2) is 9.59 Å². The van der Waals surface area contributed by atoms with Crippen LogP contribution in [-0.4, -0.2) is 25.2 Å². The van der Waals surface area contributed by atoms with Crippen molar-refractivity contribution >= 4 is 11.9 Å². The Bertz CT molecular complexity index is 448. The molecule has 0 bridgehead atoms. The molecule has 5 nitrogen and oxygen atoms in total. The highest BCUT2D eigenvalue weighted by Crippen LogP contribution is 2.16. The summed E-state index contributed by atoms with van der Waals surface area (Å²) in [6.07, 6.45) is 15.6. The molecule has 0 radical (unpaired) electrons. The minimum absolute atomic E-state index is 0.0873. The maximum absolute atomic E-state index is 12.0. The molecule has 0 atom stereocenters. The summed E-state index contributed by atoms with van der Waals surface area (Å²) in [7, 11) is 0. The molecule has 0 fully saturated rings. The monoisotopic (exact) mass is 351 g/mol. The summed E-state index contributed by atoms with van der Waals surface area (Å²) in [6.45, 7) is 3.86. The van der Waals surface area contributed by atoms with Crippen LogP contribution >= 0.6 is 0 Å². The van der Waals surface area contributed by atoms with Gasteiger partial charge in [-0.05, 0) is 39.5 Å². The molecule has 25 heavy (non-hydrogen) atoms. The maximum atomic E-state index is 12.0. The zero-order valence-corrected chi connectivity index (χ0v) is 15.8. The van der Waals surface area contributed by atoms with E-state index in [-0.39, 0.29) is 18.8 Å². The Morgan fingerprint density at radius 3 is 2.00 bits per heavy atom. The molecule has 0 aromatic carbocycles. The van der Waals surface area contributed by atoms with Gasteiger partial charge in [-0.3, -0.25) is 0 Å². The number of hydrogen-bond acceptors (Lipinski definition) is 5. The Balaban J connectivity index is 2.76. The van der Waals surface area contributed by atoms with Gasteiger partial charge in [0.15, 0.2) is 5.57 Å². The van der Waals surface area contributed by atoms with Crippen LogP contribution in [0.15, 0.2) is 23.5 Å². The van der Waals surface area contributed by atoms with Crippen molar-refractivity contribution in [3.05, 3.63) is 23.5 Å². The van der Waals surface area contributed by atoms with Crippen molar-refractivity contribution in [3.63, 3.8) is 0 Å². The van der Waals surface area contributed by atoms with Gasteiger partial charge < -0.3 is 14.8 Å². The second-order valence-corrected chi connectivity index (χ2v) is 6.24. The molecular formula is C20H33NO4. The van der Waals surface area contributed by atoms with Crippen LogP contribution in [0, 0.1) is 0 Å². The van der Waals surface area contributed by atoms with Crippen LogP contribution in [0.3, 0.4) is 0 Å². The fraction of sp³-hybridized carbons (Fsp3) is 0.700. The minimum atomic E-state index is -0.651. The van der Waals surface area contributed by atoms with E-state index in [1.807, 2.05) is 0 Å². The van der Waals surface area contributed by atoms with Crippen molar-refractivity contribution in [1.82, 2.24) is 5.32 Å². The molecule has 0 amide bonds. The van der Waals surface area contributed by atoms with Crippen LogP contribution in [-0.2, 0) is 19.1 Å². The van der Waals surface area contributed by atoms with Crippen molar-refractivity contribution in [3.8, 4) is 0 Å². The molecule has 0 saturated heterocycles. The molecule has 0 aromatic rings. The summed E-state index contributed by atoms with van der Waals surface area (Å²) in [5, 5.41) is 3.15. The average Bonchev–Trinajstić information content (AvgIpc) is 2.57. The lowest BCUT2D eigenvalue weighted by Gasteiger charge is -2.12. The van der Waals surface area contributed by atoms with Gasteiger partial charge in [-0.15, -0.1) is 0 Å². The maximum Gasteiger partial charge on any atom is 0.347 e. The minimum Gasteiger partial charge on any atom is -0.462 e. The SMILES string of the molecule is CCOC(=O)C(=CNC1=CCCCCCCCCCC1)C(=O)OCC. The van der Waals surface area contributed by atoms with Crippen LogP contribution in [0.1, 0.15) is 78.1 Å². The number of nitrogens with one attached hydrogen (secondary N) is 1. The Kier molecular flexibility index (Phi) is 11.5. The van der Waals surface area contributed by atoms with Gasteiger partial charge in [0.1, 0.15) is 0 Å². The molecule has 1 N–H and O–H groups in total. The van der Waals surface area contributed by atoms with Crippen molar-refractivity contribution in [2.24, 2.45) is 0 Å². The van der Waals surface area contributed by atoms with Crippen molar-refractivity contribution in [2.45, 2.75) is 78.1 Å². The molecule has 0 aromatic heterocycles. The number of carbonyl (C=O) groups excluding carboxylic acids is 2. The highest BCUT2D eigenvalue weighted by molar-refractivity contribution is 6.13. The van der Waals surface area contributed by atoms with Crippen LogP contribution in [0.4, 0.5) is 0 Å². The van der Waals surface area contributed by atoms with E-state index < -0.39 is 11.9 Å². The van der Waals surface area contributed by atoms with Gasteiger partial charge in [0.05, 0.1) is 13.2 Å². The van der Waals surface area contributed by atoms with E-state index in [1.54, 1.807) is 13.8 Å². The van der Waals surface area contributed by atoms with Crippen LogP contribution in [0.5, 0.6) is 0 Å². The van der Waals surface area contributed by atoms with Gasteiger partial charge in [0.25, 0.3) is 0 Å². The van der Waals surface area contributed by atoms with E-state index in [0.29, 0.717) is 0 Å². The number of hydrogen-bond donors (Lipinski definition) is 1. The zero-order valence-electron chi connectivity index (χ0n) is 15.8. The largest absolute Gasteiger partial charge is 0.462 e. The normalized spacial score (nSPS) is 16.5. The summed E-state index contributed by atoms with van der Waals surface area (Å²) in [4.78, 5) is 24.0. The fourth-order valence-corrected chi connectivity index (χ4v) is 2.81. The van der Waals surface area contributed by atoms with E-state index >= 15 is 0 Å². The van der Waals surface area contributed by atoms with Crippen LogP contribution in [0.2, 0.25) is 0 Å². The molecule has 0 unspecified atom stereocenters. The highest BCUT2D eigenvalue weighted by Gasteiger charge is 2.21. The molecule has 1 rings (SSSR count). The Hall–Kier alpha value is -1.78. The van der Waals surface area contributed by atoms with E-state index in [1.165, 1.54) is 51.1 Å². The number of ether oxygens (including phenoxy) is 2. The molecular weight excluding hydrogens is 318 g/mol. The van der Waals surface area contributed by atoms with Crippen LogP contribution < -0.4 is 5.32 Å². The predicted octanol–water partition coefficient (Wildman–Crippen LogP) is 4.38. The van der Waals surface area contributed by atoms with Gasteiger partial charge in [-0.2, -0.15) is 0 Å². The van der Waals surface area contributed by atoms with Gasteiger partial charge in [0, 0.05) is 11.9 Å². The quantitative estimate of drug-likeness (QED) is 0.333. The fourth-order valence-electron chi connectivity index (χ4n) is 2.81. The first kappa shape index (κ1) is 21.3. The molecule has 0 heterocycles. The third-order valence-corrected chi connectivity index (χ3v) is 4.18. The number of esters is 2. The highest BCUT2D eigenvalue weighted by atomic mass is 16.6. The Morgan fingerprint density at radius 1 is 0.920 bits per heavy atom. The van der Waals surface area contributed by atoms with Crippen LogP contribution in [0.25, 0.3) is 0 Å². The summed E-state index contributed by atoms with van der Waals surface area (Å²) < 4.78 is 9.91. The average molecular weight is 351 g/mol. The third-order valence-electron chi connectivity index (χ3n) is 4.18. The lowest BCUT2D eigenvalue weighted by atomic mass is 10.0.